The monoisotopic (exact) mass is 568 g/mol. The van der Waals surface area contributed by atoms with E-state index in [-0.39, 0.29) is 18.0 Å². The van der Waals surface area contributed by atoms with Gasteiger partial charge < -0.3 is 24.8 Å². The highest BCUT2D eigenvalue weighted by Gasteiger charge is 2.40. The van der Waals surface area contributed by atoms with Gasteiger partial charge in [0.15, 0.2) is 0 Å². The maximum absolute atomic E-state index is 14.0. The lowest BCUT2D eigenvalue weighted by atomic mass is 10.1. The van der Waals surface area contributed by atoms with Gasteiger partial charge in [0.1, 0.15) is 11.6 Å². The molecular formula is C31H36N8O3. The van der Waals surface area contributed by atoms with Crippen LogP contribution in [-0.4, -0.2) is 91.2 Å². The second-order valence-electron chi connectivity index (χ2n) is 10.8. The molecule has 0 aliphatic carbocycles. The third-order valence-corrected chi connectivity index (χ3v) is 8.22. The standard InChI is InChI=1S/C31H36N8O3/c1-4-28(40)37-13-12-25(21-37)39-29-22(20-38(31(39)41)23-8-6-5-7-9-23)19-32-30(34-29)33-26-11-10-24(18-27(26)42-3)36-16-14-35(2)15-17-36/h4-11,18-19,25H,1,12-17,20-21H2,2-3H3,(H,32,33,34). The van der Waals surface area contributed by atoms with Crippen LogP contribution >= 0.6 is 0 Å². The van der Waals surface area contributed by atoms with E-state index in [9.17, 15) is 9.59 Å². The molecule has 2 saturated heterocycles. The fourth-order valence-corrected chi connectivity index (χ4v) is 5.82. The summed E-state index contributed by atoms with van der Waals surface area (Å²) in [4.78, 5) is 45.7. The molecule has 3 amide bonds. The van der Waals surface area contributed by atoms with Gasteiger partial charge in [0.2, 0.25) is 11.9 Å². The van der Waals surface area contributed by atoms with E-state index in [1.807, 2.05) is 42.5 Å². The minimum atomic E-state index is -0.230. The molecule has 1 atom stereocenters. The third-order valence-electron chi connectivity index (χ3n) is 8.22. The van der Waals surface area contributed by atoms with E-state index in [1.54, 1.807) is 28.0 Å². The Morgan fingerprint density at radius 2 is 1.86 bits per heavy atom. The molecule has 2 aromatic carbocycles. The number of rotatable bonds is 7. The highest BCUT2D eigenvalue weighted by atomic mass is 16.5. The zero-order valence-electron chi connectivity index (χ0n) is 24.1. The summed E-state index contributed by atoms with van der Waals surface area (Å²) >= 11 is 0. The molecule has 1 N–H and O–H groups in total. The van der Waals surface area contributed by atoms with Crippen LogP contribution in [0.5, 0.6) is 5.75 Å². The molecule has 0 radical (unpaired) electrons. The fourth-order valence-electron chi connectivity index (χ4n) is 5.82. The first kappa shape index (κ1) is 27.5. The minimum absolute atomic E-state index is 0.140. The van der Waals surface area contributed by atoms with Crippen LogP contribution < -0.4 is 24.8 Å². The van der Waals surface area contributed by atoms with Crippen molar-refractivity contribution in [2.45, 2.75) is 19.0 Å². The number of likely N-dealkylation sites (N-methyl/N-ethyl adjacent to an activating group) is 1. The van der Waals surface area contributed by atoms with Gasteiger partial charge in [-0.05, 0) is 43.8 Å². The van der Waals surface area contributed by atoms with E-state index in [2.05, 4.69) is 39.8 Å². The van der Waals surface area contributed by atoms with E-state index in [0.29, 0.717) is 43.6 Å². The summed E-state index contributed by atoms with van der Waals surface area (Å²) in [5, 5.41) is 3.31. The average Bonchev–Trinajstić information content (AvgIpc) is 3.51. The van der Waals surface area contributed by atoms with Crippen molar-refractivity contribution in [3.8, 4) is 5.75 Å². The largest absolute Gasteiger partial charge is 0.494 e. The molecule has 3 aromatic rings. The molecule has 218 valence electrons. The Hall–Kier alpha value is -4.64. The number of likely N-dealkylation sites (tertiary alicyclic amines) is 1. The Bertz CT molecular complexity index is 1470. The van der Waals surface area contributed by atoms with Gasteiger partial charge in [0.05, 0.1) is 25.4 Å². The average molecular weight is 569 g/mol. The molecule has 11 heteroatoms. The highest BCUT2D eigenvalue weighted by Crippen LogP contribution is 2.36. The number of benzene rings is 2. The van der Waals surface area contributed by atoms with E-state index >= 15 is 0 Å². The van der Waals surface area contributed by atoms with Crippen molar-refractivity contribution in [3.63, 3.8) is 0 Å². The van der Waals surface area contributed by atoms with Crippen LogP contribution in [0, 0.1) is 0 Å². The van der Waals surface area contributed by atoms with Crippen LogP contribution in [0.3, 0.4) is 0 Å². The quantitative estimate of drug-likeness (QED) is 0.431. The summed E-state index contributed by atoms with van der Waals surface area (Å²) < 4.78 is 5.74. The second-order valence-corrected chi connectivity index (χ2v) is 10.8. The highest BCUT2D eigenvalue weighted by molar-refractivity contribution is 6.06. The predicted molar refractivity (Wildman–Crippen MR) is 164 cm³/mol. The van der Waals surface area contributed by atoms with Crippen molar-refractivity contribution in [1.29, 1.82) is 0 Å². The maximum Gasteiger partial charge on any atom is 0.330 e. The number of amides is 3. The third kappa shape index (κ3) is 5.35. The molecule has 3 aliphatic heterocycles. The van der Waals surface area contributed by atoms with Crippen molar-refractivity contribution in [2.24, 2.45) is 0 Å². The first-order valence-electron chi connectivity index (χ1n) is 14.3. The predicted octanol–water partition coefficient (Wildman–Crippen LogP) is 3.71. The van der Waals surface area contributed by atoms with Crippen molar-refractivity contribution < 1.29 is 14.3 Å². The van der Waals surface area contributed by atoms with E-state index in [4.69, 9.17) is 9.72 Å². The number of nitrogens with zero attached hydrogens (tertiary/aromatic N) is 7. The number of carbonyl (C=O) groups excluding carboxylic acids is 2. The second kappa shape index (κ2) is 11.7. The zero-order valence-corrected chi connectivity index (χ0v) is 24.1. The van der Waals surface area contributed by atoms with E-state index in [0.717, 1.165) is 48.8 Å². The Labute approximate surface area is 246 Å². The SMILES string of the molecule is C=CC(=O)N1CCC(N2C(=O)N(c3ccccc3)Cc3cnc(Nc4ccc(N5CCN(C)CC5)cc4OC)nc32)C1. The van der Waals surface area contributed by atoms with Crippen molar-refractivity contribution in [1.82, 2.24) is 19.8 Å². The first-order chi connectivity index (χ1) is 20.4. The summed E-state index contributed by atoms with van der Waals surface area (Å²) in [5.74, 6) is 1.46. The molecule has 1 unspecified atom stereocenters. The molecule has 3 aliphatic rings. The number of ether oxygens (including phenoxy) is 1. The van der Waals surface area contributed by atoms with E-state index < -0.39 is 0 Å². The first-order valence-corrected chi connectivity index (χ1v) is 14.3. The van der Waals surface area contributed by atoms with Gasteiger partial charge in [-0.25, -0.2) is 9.78 Å². The number of carbonyl (C=O) groups is 2. The Balaban J connectivity index is 1.30. The van der Waals surface area contributed by atoms with Gasteiger partial charge in [-0.2, -0.15) is 4.98 Å². The topological polar surface area (TPSA) is 97.4 Å². The van der Waals surface area contributed by atoms with Gasteiger partial charge in [0.25, 0.3) is 0 Å². The van der Waals surface area contributed by atoms with Gasteiger partial charge in [-0.3, -0.25) is 14.6 Å². The number of methoxy groups -OCH3 is 1. The number of aromatic nitrogens is 2. The smallest absolute Gasteiger partial charge is 0.330 e. The minimum Gasteiger partial charge on any atom is -0.494 e. The normalized spacial score (nSPS) is 19.1. The lowest BCUT2D eigenvalue weighted by molar-refractivity contribution is -0.125. The molecule has 2 fully saturated rings. The Morgan fingerprint density at radius 1 is 1.07 bits per heavy atom. The molecule has 6 rings (SSSR count). The van der Waals surface area contributed by atoms with Crippen LogP contribution in [-0.2, 0) is 11.3 Å². The molecule has 1 aromatic heterocycles. The molecule has 0 bridgehead atoms. The van der Waals surface area contributed by atoms with Gasteiger partial charge in [-0.1, -0.05) is 24.8 Å². The van der Waals surface area contributed by atoms with Crippen LogP contribution in [0.1, 0.15) is 12.0 Å². The van der Waals surface area contributed by atoms with Crippen LogP contribution in [0.4, 0.5) is 33.6 Å². The van der Waals surface area contributed by atoms with Crippen molar-refractivity contribution in [2.75, 3.05) is 73.4 Å². The number of anilines is 5. The summed E-state index contributed by atoms with van der Waals surface area (Å²) in [6, 6.07) is 15.3. The molecule has 0 saturated carbocycles. The Morgan fingerprint density at radius 3 is 2.60 bits per heavy atom. The van der Waals surface area contributed by atoms with Crippen LogP contribution in [0.2, 0.25) is 0 Å². The van der Waals surface area contributed by atoms with Crippen molar-refractivity contribution in [3.05, 3.63) is 72.9 Å². The van der Waals surface area contributed by atoms with Crippen molar-refractivity contribution >= 4 is 40.8 Å². The summed E-state index contributed by atoms with van der Waals surface area (Å²) in [7, 11) is 3.79. The number of fused-ring (bicyclic) bond motifs is 1. The summed E-state index contributed by atoms with van der Waals surface area (Å²) in [5.41, 5.74) is 3.46. The number of hydrogen-bond donors (Lipinski definition) is 1. The van der Waals surface area contributed by atoms with Crippen LogP contribution in [0.25, 0.3) is 0 Å². The van der Waals surface area contributed by atoms with Gasteiger partial charge in [0, 0.05) is 68.5 Å². The molecular weight excluding hydrogens is 532 g/mol. The number of hydrogen-bond acceptors (Lipinski definition) is 8. The van der Waals surface area contributed by atoms with Gasteiger partial charge in [-0.15, -0.1) is 0 Å². The summed E-state index contributed by atoms with van der Waals surface area (Å²) in [6.07, 6.45) is 3.73. The molecule has 11 nitrogen and oxygen atoms in total. The van der Waals surface area contributed by atoms with E-state index in [1.165, 1.54) is 6.08 Å². The number of piperazine rings is 1. The summed E-state index contributed by atoms with van der Waals surface area (Å²) in [6.45, 7) is 8.88. The van der Waals surface area contributed by atoms with Gasteiger partial charge >= 0.3 is 6.03 Å². The lowest BCUT2D eigenvalue weighted by Crippen LogP contribution is -2.53. The fraction of sp³-hybridized carbons (Fsp3) is 0.355. The molecule has 0 spiro atoms. The number of para-hydroxylation sites is 1. The zero-order chi connectivity index (χ0) is 29.2. The lowest BCUT2D eigenvalue weighted by Gasteiger charge is -2.39. The maximum atomic E-state index is 14.0. The Kier molecular flexibility index (Phi) is 7.66. The number of urea groups is 1. The molecule has 4 heterocycles. The molecule has 42 heavy (non-hydrogen) atoms. The van der Waals surface area contributed by atoms with Crippen LogP contribution in [0.15, 0.2) is 67.4 Å². The number of nitrogens with one attached hydrogen (secondary N) is 1.